The lowest BCUT2D eigenvalue weighted by molar-refractivity contribution is -0.181. The number of nitrogens with zero attached hydrogens (tertiary/aromatic N) is 1. The van der Waals surface area contributed by atoms with Gasteiger partial charge < -0.3 is 20.3 Å². The van der Waals surface area contributed by atoms with Gasteiger partial charge >= 0.3 is 12.1 Å². The number of nitrogens with one attached hydrogen (secondary N) is 1. The quantitative estimate of drug-likeness (QED) is 0.445. The van der Waals surface area contributed by atoms with Crippen molar-refractivity contribution < 1.29 is 29.3 Å². The number of alkyl halides is 1. The third-order valence-electron chi connectivity index (χ3n) is 7.14. The van der Waals surface area contributed by atoms with Gasteiger partial charge in [-0.3, -0.25) is 9.69 Å². The van der Waals surface area contributed by atoms with Crippen LogP contribution in [0.4, 0.5) is 4.79 Å². The zero-order valence-electron chi connectivity index (χ0n) is 15.1. The van der Waals surface area contributed by atoms with Crippen LogP contribution in [0.5, 0.6) is 0 Å². The summed E-state index contributed by atoms with van der Waals surface area (Å²) in [6, 6.07) is -1.55. The molecule has 9 heteroatoms. The third kappa shape index (κ3) is 2.62. The van der Waals surface area contributed by atoms with Crippen LogP contribution in [-0.2, 0) is 14.3 Å². The number of ether oxygens (including phenoxy) is 1. The van der Waals surface area contributed by atoms with E-state index in [1.807, 2.05) is 0 Å². The molecule has 3 aliphatic rings. The molecule has 1 heterocycles. The standard InChI is InChI=1S/C17H25BrN2O6/c1-16(2)8-4-5-17(16,3)10(6-8)26-15(25)19-11-9(7-18)20(12(11)21)13(22)14(23)24/h8-11,13,22H,4-7H2,1-3H3,(H,19,25)(H,23,24)/t8?,9-,10?,11+,13?,17?/m1/s1. The molecule has 2 amide bonds. The number of aliphatic carboxylic acids is 1. The highest BCUT2D eigenvalue weighted by Crippen LogP contribution is 2.66. The first-order chi connectivity index (χ1) is 12.0. The molecule has 0 aromatic rings. The number of carboxylic acids is 1. The largest absolute Gasteiger partial charge is 0.478 e. The molecule has 3 rings (SSSR count). The monoisotopic (exact) mass is 432 g/mol. The summed E-state index contributed by atoms with van der Waals surface area (Å²) in [4.78, 5) is 36.2. The average Bonchev–Trinajstić information content (AvgIpc) is 2.90. The SMILES string of the molecule is CC1(C)C2CCC1(C)C(OC(=O)N[C@@H]1C(=O)N(C(O)C(=O)O)[C@@H]1CBr)C2. The first-order valence-corrected chi connectivity index (χ1v) is 9.93. The number of aliphatic hydroxyl groups is 1. The van der Waals surface area contributed by atoms with Gasteiger partial charge in [-0.05, 0) is 30.6 Å². The zero-order valence-corrected chi connectivity index (χ0v) is 16.7. The van der Waals surface area contributed by atoms with Crippen LogP contribution in [0, 0.1) is 16.7 Å². The summed E-state index contributed by atoms with van der Waals surface area (Å²) in [7, 11) is 0. The molecule has 2 saturated carbocycles. The van der Waals surface area contributed by atoms with E-state index in [9.17, 15) is 19.5 Å². The van der Waals surface area contributed by atoms with Gasteiger partial charge in [0.1, 0.15) is 12.1 Å². The van der Waals surface area contributed by atoms with Crippen LogP contribution in [0.2, 0.25) is 0 Å². The second-order valence-electron chi connectivity index (χ2n) is 8.31. The van der Waals surface area contributed by atoms with Crippen LogP contribution in [0.25, 0.3) is 0 Å². The Labute approximate surface area is 160 Å². The number of carbonyl (C=O) groups excluding carboxylic acids is 2. The topological polar surface area (TPSA) is 116 Å². The number of β-lactam (4-membered cyclic amide) rings is 1. The molecule has 6 atom stereocenters. The number of hydrogen-bond acceptors (Lipinski definition) is 5. The molecule has 8 nitrogen and oxygen atoms in total. The smallest absolute Gasteiger partial charge is 0.408 e. The van der Waals surface area contributed by atoms with E-state index in [1.54, 1.807) is 0 Å². The van der Waals surface area contributed by atoms with Crippen molar-refractivity contribution in [2.75, 3.05) is 5.33 Å². The molecule has 2 bridgehead atoms. The maximum atomic E-state index is 12.4. The summed E-state index contributed by atoms with van der Waals surface area (Å²) in [5, 5.41) is 21.2. The Kier molecular flexibility index (Phi) is 4.75. The zero-order chi connectivity index (χ0) is 19.4. The van der Waals surface area contributed by atoms with Crippen molar-refractivity contribution in [1.29, 1.82) is 0 Å². The number of amides is 2. The van der Waals surface area contributed by atoms with E-state index in [2.05, 4.69) is 42.0 Å². The van der Waals surface area contributed by atoms with Crippen LogP contribution in [0.15, 0.2) is 0 Å². The molecule has 2 aliphatic carbocycles. The number of likely N-dealkylation sites (tertiary alicyclic amines) is 1. The lowest BCUT2D eigenvalue weighted by Crippen LogP contribution is -2.74. The number of rotatable bonds is 5. The maximum Gasteiger partial charge on any atom is 0.408 e. The Morgan fingerprint density at radius 3 is 2.54 bits per heavy atom. The number of halogens is 1. The first-order valence-electron chi connectivity index (χ1n) is 8.80. The third-order valence-corrected chi connectivity index (χ3v) is 7.81. The van der Waals surface area contributed by atoms with Crippen molar-refractivity contribution in [2.24, 2.45) is 16.7 Å². The van der Waals surface area contributed by atoms with Gasteiger partial charge in [-0.1, -0.05) is 36.7 Å². The van der Waals surface area contributed by atoms with Gasteiger partial charge in [-0.2, -0.15) is 0 Å². The molecule has 3 N–H and O–H groups in total. The number of carboxylic acid groups (broad SMARTS) is 1. The van der Waals surface area contributed by atoms with Gasteiger partial charge in [-0.15, -0.1) is 0 Å². The maximum absolute atomic E-state index is 12.4. The number of carbonyl (C=O) groups is 3. The Hall–Kier alpha value is -1.35. The average molecular weight is 433 g/mol. The highest BCUT2D eigenvalue weighted by molar-refractivity contribution is 9.09. The fourth-order valence-corrected chi connectivity index (χ4v) is 5.59. The Balaban J connectivity index is 1.61. The second kappa shape index (κ2) is 6.37. The predicted octanol–water partition coefficient (Wildman–Crippen LogP) is 1.30. The van der Waals surface area contributed by atoms with Crippen LogP contribution in [0.1, 0.15) is 40.0 Å². The molecule has 3 fully saturated rings. The minimum Gasteiger partial charge on any atom is -0.478 e. The predicted molar refractivity (Wildman–Crippen MR) is 94.5 cm³/mol. The van der Waals surface area contributed by atoms with Crippen molar-refractivity contribution in [3.05, 3.63) is 0 Å². The minimum absolute atomic E-state index is 0.0843. The molecule has 146 valence electrons. The Bertz CT molecular complexity index is 641. The molecule has 1 saturated heterocycles. The van der Waals surface area contributed by atoms with E-state index in [4.69, 9.17) is 9.84 Å². The normalized spacial score (nSPS) is 38.7. The van der Waals surface area contributed by atoms with Gasteiger partial charge in [-0.25, -0.2) is 9.59 Å². The van der Waals surface area contributed by atoms with Crippen molar-refractivity contribution >= 4 is 33.9 Å². The summed E-state index contributed by atoms with van der Waals surface area (Å²) in [6.07, 6.45) is 0.168. The first kappa shape index (κ1) is 19.4. The van der Waals surface area contributed by atoms with E-state index in [0.717, 1.165) is 24.2 Å². The second-order valence-corrected chi connectivity index (χ2v) is 8.95. The molecule has 0 spiro atoms. The number of aliphatic hydroxyl groups excluding tert-OH is 1. The molecule has 0 radical (unpaired) electrons. The summed E-state index contributed by atoms with van der Waals surface area (Å²) >= 11 is 3.19. The van der Waals surface area contributed by atoms with Gasteiger partial charge in [0, 0.05) is 10.7 Å². The van der Waals surface area contributed by atoms with E-state index >= 15 is 0 Å². The Morgan fingerprint density at radius 2 is 2.08 bits per heavy atom. The lowest BCUT2D eigenvalue weighted by Gasteiger charge is -2.47. The van der Waals surface area contributed by atoms with Crippen LogP contribution >= 0.6 is 15.9 Å². The lowest BCUT2D eigenvalue weighted by atomic mass is 9.70. The van der Waals surface area contributed by atoms with E-state index in [-0.39, 0.29) is 22.3 Å². The summed E-state index contributed by atoms with van der Waals surface area (Å²) < 4.78 is 5.66. The number of alkyl carbamates (subject to hydrolysis) is 1. The van der Waals surface area contributed by atoms with Gasteiger partial charge in [0.15, 0.2) is 0 Å². The Morgan fingerprint density at radius 1 is 1.42 bits per heavy atom. The highest BCUT2D eigenvalue weighted by Gasteiger charge is 2.63. The summed E-state index contributed by atoms with van der Waals surface area (Å²) in [5.41, 5.74) is 0.0179. The van der Waals surface area contributed by atoms with Crippen LogP contribution < -0.4 is 5.32 Å². The molecule has 26 heavy (non-hydrogen) atoms. The van der Waals surface area contributed by atoms with E-state index in [0.29, 0.717) is 5.92 Å². The van der Waals surface area contributed by atoms with Gasteiger partial charge in [0.2, 0.25) is 12.1 Å². The molecular formula is C17H25BrN2O6. The van der Waals surface area contributed by atoms with Crippen molar-refractivity contribution in [3.63, 3.8) is 0 Å². The van der Waals surface area contributed by atoms with Crippen LogP contribution in [-0.4, -0.2) is 62.8 Å². The summed E-state index contributed by atoms with van der Waals surface area (Å²) in [6.45, 7) is 6.58. The molecule has 0 aromatic carbocycles. The van der Waals surface area contributed by atoms with E-state index < -0.39 is 36.3 Å². The molecular weight excluding hydrogens is 408 g/mol. The van der Waals surface area contributed by atoms with Crippen LogP contribution in [0.3, 0.4) is 0 Å². The van der Waals surface area contributed by atoms with Gasteiger partial charge in [0.25, 0.3) is 0 Å². The molecule has 1 aliphatic heterocycles. The van der Waals surface area contributed by atoms with Crippen molar-refractivity contribution in [2.45, 2.75) is 64.4 Å². The van der Waals surface area contributed by atoms with Crippen molar-refractivity contribution in [3.8, 4) is 0 Å². The molecule has 0 aromatic heterocycles. The van der Waals surface area contributed by atoms with E-state index in [1.165, 1.54) is 0 Å². The fourth-order valence-electron chi connectivity index (χ4n) is 4.91. The van der Waals surface area contributed by atoms with Gasteiger partial charge in [0.05, 0.1) is 6.04 Å². The van der Waals surface area contributed by atoms with Crippen molar-refractivity contribution in [1.82, 2.24) is 10.2 Å². The number of fused-ring (bicyclic) bond motifs is 2. The number of hydrogen-bond donors (Lipinski definition) is 3. The summed E-state index contributed by atoms with van der Waals surface area (Å²) in [5.74, 6) is -1.63. The minimum atomic E-state index is -1.93. The highest BCUT2D eigenvalue weighted by atomic mass is 79.9. The fraction of sp³-hybridized carbons (Fsp3) is 0.824. The molecule has 4 unspecified atom stereocenters.